The van der Waals surface area contributed by atoms with Crippen LogP contribution in [-0.4, -0.2) is 27.1 Å². The topological polar surface area (TPSA) is 75.3 Å². The minimum atomic E-state index is -3.29. The second kappa shape index (κ2) is 9.70. The van der Waals surface area contributed by atoms with Gasteiger partial charge in [0.1, 0.15) is 5.82 Å². The zero-order valence-corrected chi connectivity index (χ0v) is 16.0. The van der Waals surface area contributed by atoms with Gasteiger partial charge in [0.2, 0.25) is 15.9 Å². The third-order valence-corrected chi connectivity index (χ3v) is 5.94. The van der Waals surface area contributed by atoms with Gasteiger partial charge < -0.3 is 5.32 Å². The smallest absolute Gasteiger partial charge is 0.221 e. The van der Waals surface area contributed by atoms with Gasteiger partial charge in [-0.2, -0.15) is 0 Å². The summed E-state index contributed by atoms with van der Waals surface area (Å²) in [6, 6.07) is 13.2. The van der Waals surface area contributed by atoms with E-state index in [1.165, 1.54) is 30.9 Å². The van der Waals surface area contributed by atoms with Crippen LogP contribution in [0.4, 0.5) is 4.39 Å². The van der Waals surface area contributed by atoms with E-state index >= 15 is 0 Å². The molecule has 0 fully saturated rings. The lowest BCUT2D eigenvalue weighted by molar-refractivity contribution is -0.120. The Morgan fingerprint density at radius 3 is 2.27 bits per heavy atom. The molecule has 140 valence electrons. The molecule has 2 rings (SSSR count). The average molecular weight is 397 g/mol. The van der Waals surface area contributed by atoms with Gasteiger partial charge in [0.05, 0.1) is 5.75 Å². The molecule has 5 nitrogen and oxygen atoms in total. The molecule has 0 radical (unpaired) electrons. The largest absolute Gasteiger partial charge is 0.352 e. The van der Waals surface area contributed by atoms with E-state index in [2.05, 4.69) is 10.0 Å². The Morgan fingerprint density at radius 2 is 1.65 bits per heavy atom. The summed E-state index contributed by atoms with van der Waals surface area (Å²) in [7, 11) is -1.91. The van der Waals surface area contributed by atoms with Crippen molar-refractivity contribution in [3.05, 3.63) is 65.5 Å². The maximum Gasteiger partial charge on any atom is 0.221 e. The summed E-state index contributed by atoms with van der Waals surface area (Å²) in [4.78, 5) is 12.8. The first-order chi connectivity index (χ1) is 12.4. The van der Waals surface area contributed by atoms with E-state index in [4.69, 9.17) is 0 Å². The van der Waals surface area contributed by atoms with Crippen molar-refractivity contribution in [2.24, 2.45) is 0 Å². The van der Waals surface area contributed by atoms with Crippen molar-refractivity contribution in [3.63, 3.8) is 0 Å². The van der Waals surface area contributed by atoms with Gasteiger partial charge >= 0.3 is 0 Å². The fourth-order valence-corrected chi connectivity index (χ4v) is 3.75. The van der Waals surface area contributed by atoms with Crippen LogP contribution < -0.4 is 10.0 Å². The van der Waals surface area contributed by atoms with Crippen LogP contribution in [0.1, 0.15) is 17.5 Å². The van der Waals surface area contributed by atoms with E-state index in [1.54, 1.807) is 36.4 Å². The minimum absolute atomic E-state index is 0.0681. The highest BCUT2D eigenvalue weighted by Gasteiger charge is 2.08. The van der Waals surface area contributed by atoms with E-state index in [0.717, 1.165) is 10.5 Å². The Hall–Kier alpha value is -1.90. The van der Waals surface area contributed by atoms with Gasteiger partial charge in [0.15, 0.2) is 0 Å². The molecule has 2 aromatic carbocycles. The van der Waals surface area contributed by atoms with Gasteiger partial charge in [-0.25, -0.2) is 17.5 Å². The summed E-state index contributed by atoms with van der Waals surface area (Å²) in [6.07, 6.45) is 0.362. The first-order valence-electron chi connectivity index (χ1n) is 8.02. The maximum atomic E-state index is 12.8. The van der Waals surface area contributed by atoms with Crippen LogP contribution in [0.2, 0.25) is 0 Å². The van der Waals surface area contributed by atoms with Crippen LogP contribution in [0, 0.1) is 5.82 Å². The van der Waals surface area contributed by atoms with Crippen LogP contribution in [0.15, 0.2) is 53.4 Å². The zero-order valence-electron chi connectivity index (χ0n) is 14.4. The number of rotatable bonds is 9. The molecule has 26 heavy (non-hydrogen) atoms. The molecule has 0 saturated carbocycles. The van der Waals surface area contributed by atoms with E-state index in [1.807, 2.05) is 0 Å². The molecule has 0 unspecified atom stereocenters. The molecule has 2 N–H and O–H groups in total. The van der Waals surface area contributed by atoms with Gasteiger partial charge in [-0.1, -0.05) is 24.3 Å². The molecular weight excluding hydrogens is 375 g/mol. The molecular formula is C18H21FN2O3S2. The van der Waals surface area contributed by atoms with Crippen molar-refractivity contribution in [2.45, 2.75) is 23.6 Å². The van der Waals surface area contributed by atoms with E-state index in [-0.39, 0.29) is 17.5 Å². The van der Waals surface area contributed by atoms with Crippen LogP contribution >= 0.6 is 11.8 Å². The molecule has 0 saturated heterocycles. The van der Waals surface area contributed by atoms with Gasteiger partial charge in [-0.15, -0.1) is 11.8 Å². The predicted octanol–water partition coefficient (Wildman–Crippen LogP) is 2.67. The van der Waals surface area contributed by atoms with Crippen molar-refractivity contribution >= 4 is 27.7 Å². The second-order valence-corrected chi connectivity index (χ2v) is 8.70. The molecule has 2 aromatic rings. The summed E-state index contributed by atoms with van der Waals surface area (Å²) < 4.78 is 38.1. The number of halogens is 1. The SMILES string of the molecule is CNS(=O)(=O)Cc1ccc(CNC(=O)CCSc2ccc(F)cc2)cc1. The number of carbonyl (C=O) groups is 1. The highest BCUT2D eigenvalue weighted by molar-refractivity contribution is 7.99. The number of hydrogen-bond acceptors (Lipinski definition) is 4. The average Bonchev–Trinajstić information content (AvgIpc) is 2.62. The molecule has 0 aliphatic heterocycles. The van der Waals surface area contributed by atoms with E-state index < -0.39 is 10.0 Å². The summed E-state index contributed by atoms with van der Waals surface area (Å²) in [5.74, 6) is 0.192. The van der Waals surface area contributed by atoms with Crippen molar-refractivity contribution < 1.29 is 17.6 Å². The molecule has 0 spiro atoms. The molecule has 0 aliphatic carbocycles. The Balaban J connectivity index is 1.72. The summed E-state index contributed by atoms with van der Waals surface area (Å²) >= 11 is 1.50. The van der Waals surface area contributed by atoms with Crippen molar-refractivity contribution in [1.82, 2.24) is 10.0 Å². The molecule has 0 bridgehead atoms. The fraction of sp³-hybridized carbons (Fsp3) is 0.278. The Kier molecular flexibility index (Phi) is 7.62. The quantitative estimate of drug-likeness (QED) is 0.639. The lowest BCUT2D eigenvalue weighted by atomic mass is 10.1. The first kappa shape index (κ1) is 20.4. The third kappa shape index (κ3) is 7.15. The summed E-state index contributed by atoms with van der Waals surface area (Å²) in [5.41, 5.74) is 1.58. The van der Waals surface area contributed by atoms with Crippen LogP contribution in [-0.2, 0) is 27.1 Å². The minimum Gasteiger partial charge on any atom is -0.352 e. The van der Waals surface area contributed by atoms with Crippen LogP contribution in [0.5, 0.6) is 0 Å². The van der Waals surface area contributed by atoms with Gasteiger partial charge in [0, 0.05) is 23.6 Å². The lowest BCUT2D eigenvalue weighted by Gasteiger charge is -2.07. The fourth-order valence-electron chi connectivity index (χ4n) is 2.13. The number of amides is 1. The molecule has 8 heteroatoms. The van der Waals surface area contributed by atoms with E-state index in [9.17, 15) is 17.6 Å². The first-order valence-corrected chi connectivity index (χ1v) is 10.7. The van der Waals surface area contributed by atoms with Crippen molar-refractivity contribution in [2.75, 3.05) is 12.8 Å². The summed E-state index contributed by atoms with van der Waals surface area (Å²) in [6.45, 7) is 0.388. The monoisotopic (exact) mass is 396 g/mol. The number of thioether (sulfide) groups is 1. The molecule has 0 aliphatic rings. The zero-order chi connectivity index (χ0) is 19.0. The Morgan fingerprint density at radius 1 is 1.04 bits per heavy atom. The Bertz CT molecular complexity index is 823. The molecule has 1 amide bonds. The predicted molar refractivity (Wildman–Crippen MR) is 102 cm³/mol. The molecule has 0 atom stereocenters. The molecule has 0 aromatic heterocycles. The van der Waals surface area contributed by atoms with Gasteiger partial charge in [-0.05, 0) is 42.4 Å². The number of benzene rings is 2. The maximum absolute atomic E-state index is 12.8. The van der Waals surface area contributed by atoms with Crippen LogP contribution in [0.25, 0.3) is 0 Å². The van der Waals surface area contributed by atoms with E-state index in [0.29, 0.717) is 24.3 Å². The lowest BCUT2D eigenvalue weighted by Crippen LogP contribution is -2.23. The number of nitrogens with one attached hydrogen (secondary N) is 2. The molecule has 0 heterocycles. The van der Waals surface area contributed by atoms with Gasteiger partial charge in [0.25, 0.3) is 0 Å². The Labute approximate surface area is 157 Å². The normalized spacial score (nSPS) is 11.3. The third-order valence-electron chi connectivity index (χ3n) is 3.59. The summed E-state index contributed by atoms with van der Waals surface area (Å²) in [5, 5.41) is 2.83. The highest BCUT2D eigenvalue weighted by Crippen LogP contribution is 2.18. The van der Waals surface area contributed by atoms with Gasteiger partial charge in [-0.3, -0.25) is 4.79 Å². The van der Waals surface area contributed by atoms with Crippen LogP contribution in [0.3, 0.4) is 0 Å². The standard InChI is InChI=1S/C18H21FN2O3S2/c1-20-26(23,24)13-15-4-2-14(3-5-15)12-21-18(22)10-11-25-17-8-6-16(19)7-9-17/h2-9,20H,10-13H2,1H3,(H,21,22). The highest BCUT2D eigenvalue weighted by atomic mass is 32.2. The number of sulfonamides is 1. The van der Waals surface area contributed by atoms with Crippen molar-refractivity contribution in [1.29, 1.82) is 0 Å². The second-order valence-electron chi connectivity index (χ2n) is 5.61. The van der Waals surface area contributed by atoms with Crippen molar-refractivity contribution in [3.8, 4) is 0 Å². The number of carbonyl (C=O) groups excluding carboxylic acids is 1. The number of hydrogen-bond donors (Lipinski definition) is 2.